The predicted molar refractivity (Wildman–Crippen MR) is 63.6 cm³/mol. The summed E-state index contributed by atoms with van der Waals surface area (Å²) >= 11 is 5.74. The Morgan fingerprint density at radius 1 is 1.38 bits per heavy atom. The number of rotatable bonds is 5. The molecule has 5 N–H and O–H groups in total. The quantitative estimate of drug-likeness (QED) is 0.653. The van der Waals surface area contributed by atoms with Gasteiger partial charge in [-0.3, -0.25) is 0 Å². The number of hydrogen-bond acceptors (Lipinski definition) is 4. The van der Waals surface area contributed by atoms with Gasteiger partial charge in [0.1, 0.15) is 4.90 Å². The molecular formula is C9H14ClN3O2S. The summed E-state index contributed by atoms with van der Waals surface area (Å²) in [5.41, 5.74) is 6.11. The first kappa shape index (κ1) is 13.4. The van der Waals surface area contributed by atoms with Crippen LogP contribution in [-0.2, 0) is 16.6 Å². The van der Waals surface area contributed by atoms with Gasteiger partial charge in [-0.05, 0) is 17.7 Å². The molecule has 0 heterocycles. The molecule has 16 heavy (non-hydrogen) atoms. The molecule has 0 amide bonds. The van der Waals surface area contributed by atoms with Gasteiger partial charge in [0.15, 0.2) is 0 Å². The Bertz CT molecular complexity index is 462. The summed E-state index contributed by atoms with van der Waals surface area (Å²) in [7, 11) is -3.77. The van der Waals surface area contributed by atoms with E-state index in [0.29, 0.717) is 19.6 Å². The van der Waals surface area contributed by atoms with Crippen LogP contribution < -0.4 is 16.2 Å². The zero-order chi connectivity index (χ0) is 12.2. The second-order valence-corrected chi connectivity index (χ2v) is 5.21. The summed E-state index contributed by atoms with van der Waals surface area (Å²) in [4.78, 5) is -0.0544. The van der Waals surface area contributed by atoms with Crippen molar-refractivity contribution >= 4 is 21.6 Å². The number of nitrogens with one attached hydrogen (secondary N) is 1. The van der Waals surface area contributed by atoms with Crippen LogP contribution in [0.3, 0.4) is 0 Å². The van der Waals surface area contributed by atoms with Crippen LogP contribution in [0.25, 0.3) is 0 Å². The van der Waals surface area contributed by atoms with Gasteiger partial charge < -0.3 is 11.1 Å². The molecule has 0 saturated carbocycles. The molecule has 0 spiro atoms. The smallest absolute Gasteiger partial charge is 0.239 e. The van der Waals surface area contributed by atoms with E-state index in [4.69, 9.17) is 22.5 Å². The average Bonchev–Trinajstić information content (AvgIpc) is 2.19. The van der Waals surface area contributed by atoms with Crippen molar-refractivity contribution in [2.45, 2.75) is 11.4 Å². The van der Waals surface area contributed by atoms with Gasteiger partial charge in [-0.25, -0.2) is 13.6 Å². The number of primary sulfonamides is 1. The zero-order valence-corrected chi connectivity index (χ0v) is 10.2. The van der Waals surface area contributed by atoms with Crippen molar-refractivity contribution in [2.75, 3.05) is 13.1 Å². The molecule has 0 saturated heterocycles. The van der Waals surface area contributed by atoms with Crippen LogP contribution in [-0.4, -0.2) is 21.5 Å². The molecule has 1 aromatic rings. The highest BCUT2D eigenvalue weighted by Gasteiger charge is 2.13. The van der Waals surface area contributed by atoms with E-state index in [0.717, 1.165) is 5.56 Å². The lowest BCUT2D eigenvalue weighted by atomic mass is 10.2. The Labute approximate surface area is 99.8 Å². The highest BCUT2D eigenvalue weighted by Crippen LogP contribution is 2.21. The third-order valence-electron chi connectivity index (χ3n) is 1.95. The van der Waals surface area contributed by atoms with E-state index in [-0.39, 0.29) is 9.92 Å². The average molecular weight is 264 g/mol. The maximum absolute atomic E-state index is 11.2. The summed E-state index contributed by atoms with van der Waals surface area (Å²) in [5, 5.41) is 8.20. The van der Waals surface area contributed by atoms with Crippen LogP contribution in [0, 0.1) is 0 Å². The van der Waals surface area contributed by atoms with Gasteiger partial charge in [-0.1, -0.05) is 17.7 Å². The Morgan fingerprint density at radius 2 is 2.06 bits per heavy atom. The van der Waals surface area contributed by atoms with Gasteiger partial charge in [-0.2, -0.15) is 0 Å². The second kappa shape index (κ2) is 5.60. The van der Waals surface area contributed by atoms with Gasteiger partial charge in [0.05, 0.1) is 5.02 Å². The molecule has 0 unspecified atom stereocenters. The number of benzene rings is 1. The molecular weight excluding hydrogens is 250 g/mol. The van der Waals surface area contributed by atoms with E-state index >= 15 is 0 Å². The van der Waals surface area contributed by atoms with Crippen molar-refractivity contribution in [1.29, 1.82) is 0 Å². The minimum Gasteiger partial charge on any atom is -0.329 e. The van der Waals surface area contributed by atoms with Gasteiger partial charge in [0.25, 0.3) is 0 Å². The maximum Gasteiger partial charge on any atom is 0.239 e. The largest absolute Gasteiger partial charge is 0.329 e. The van der Waals surface area contributed by atoms with Crippen LogP contribution in [0.5, 0.6) is 0 Å². The summed E-state index contributed by atoms with van der Waals surface area (Å²) < 4.78 is 22.4. The summed E-state index contributed by atoms with van der Waals surface area (Å²) in [6.45, 7) is 1.71. The van der Waals surface area contributed by atoms with E-state index in [2.05, 4.69) is 5.32 Å². The topological polar surface area (TPSA) is 98.2 Å². The molecule has 1 rings (SSSR count). The molecule has 0 aliphatic rings. The molecule has 0 radical (unpaired) electrons. The van der Waals surface area contributed by atoms with E-state index in [1.165, 1.54) is 12.1 Å². The Balaban J connectivity index is 2.91. The second-order valence-electron chi connectivity index (χ2n) is 3.28. The first-order chi connectivity index (χ1) is 7.45. The van der Waals surface area contributed by atoms with E-state index in [1.54, 1.807) is 6.07 Å². The lowest BCUT2D eigenvalue weighted by molar-refractivity contribution is 0.597. The van der Waals surface area contributed by atoms with Crippen molar-refractivity contribution in [3.05, 3.63) is 28.8 Å². The Morgan fingerprint density at radius 3 is 2.62 bits per heavy atom. The molecule has 0 aromatic heterocycles. The monoisotopic (exact) mass is 263 g/mol. The first-order valence-electron chi connectivity index (χ1n) is 4.67. The highest BCUT2D eigenvalue weighted by molar-refractivity contribution is 7.89. The number of sulfonamides is 1. The van der Waals surface area contributed by atoms with E-state index in [9.17, 15) is 8.42 Å². The number of halogens is 1. The number of nitrogens with two attached hydrogens (primary N) is 2. The summed E-state index contributed by atoms with van der Waals surface area (Å²) in [5.74, 6) is 0. The fourth-order valence-corrected chi connectivity index (χ4v) is 2.31. The number of hydrogen-bond donors (Lipinski definition) is 3. The van der Waals surface area contributed by atoms with Crippen molar-refractivity contribution in [3.8, 4) is 0 Å². The van der Waals surface area contributed by atoms with Crippen molar-refractivity contribution in [1.82, 2.24) is 5.32 Å². The minimum absolute atomic E-state index is 0.0544. The Hall–Kier alpha value is -0.660. The molecule has 5 nitrogen and oxygen atoms in total. The van der Waals surface area contributed by atoms with E-state index < -0.39 is 10.0 Å². The maximum atomic E-state index is 11.2. The zero-order valence-electron chi connectivity index (χ0n) is 8.61. The van der Waals surface area contributed by atoms with Gasteiger partial charge in [0, 0.05) is 19.6 Å². The van der Waals surface area contributed by atoms with Crippen LogP contribution in [0.4, 0.5) is 0 Å². The van der Waals surface area contributed by atoms with Crippen molar-refractivity contribution < 1.29 is 8.42 Å². The van der Waals surface area contributed by atoms with Crippen LogP contribution in [0.15, 0.2) is 23.1 Å². The lowest BCUT2D eigenvalue weighted by Crippen LogP contribution is -2.22. The van der Waals surface area contributed by atoms with Crippen LogP contribution in [0.2, 0.25) is 5.02 Å². The van der Waals surface area contributed by atoms with E-state index in [1.807, 2.05) is 0 Å². The van der Waals surface area contributed by atoms with Gasteiger partial charge in [-0.15, -0.1) is 0 Å². The Kier molecular flexibility index (Phi) is 4.69. The van der Waals surface area contributed by atoms with Crippen LogP contribution in [0.1, 0.15) is 5.56 Å². The minimum atomic E-state index is -3.77. The fraction of sp³-hybridized carbons (Fsp3) is 0.333. The molecule has 0 aliphatic carbocycles. The van der Waals surface area contributed by atoms with Gasteiger partial charge in [0.2, 0.25) is 10.0 Å². The van der Waals surface area contributed by atoms with Crippen molar-refractivity contribution in [3.63, 3.8) is 0 Å². The SMILES string of the molecule is NCCNCc1ccc(Cl)c(S(N)(=O)=O)c1. The fourth-order valence-electron chi connectivity index (χ4n) is 1.21. The first-order valence-corrected chi connectivity index (χ1v) is 6.59. The van der Waals surface area contributed by atoms with Crippen molar-refractivity contribution in [2.24, 2.45) is 10.9 Å². The molecule has 0 atom stereocenters. The third kappa shape index (κ3) is 3.73. The molecule has 90 valence electrons. The highest BCUT2D eigenvalue weighted by atomic mass is 35.5. The normalized spacial score (nSPS) is 11.7. The van der Waals surface area contributed by atoms with Gasteiger partial charge >= 0.3 is 0 Å². The molecule has 0 fully saturated rings. The molecule has 1 aromatic carbocycles. The molecule has 0 bridgehead atoms. The molecule has 7 heteroatoms. The lowest BCUT2D eigenvalue weighted by Gasteiger charge is -2.06. The predicted octanol–water partition coefficient (Wildman–Crippen LogP) is 0.0357. The van der Waals surface area contributed by atoms with Crippen LogP contribution >= 0.6 is 11.6 Å². The molecule has 0 aliphatic heterocycles. The standard InChI is InChI=1S/C9H14ClN3O2S/c10-8-2-1-7(6-13-4-3-11)5-9(8)16(12,14)15/h1-2,5,13H,3-4,6,11H2,(H2,12,14,15). The summed E-state index contributed by atoms with van der Waals surface area (Å²) in [6.07, 6.45) is 0. The third-order valence-corrected chi connectivity index (χ3v) is 3.34. The summed E-state index contributed by atoms with van der Waals surface area (Å²) in [6, 6.07) is 4.71.